The number of benzene rings is 2. The number of carboxylic acid groups (broad SMARTS) is 1. The molecule has 2 aromatic rings. The molecule has 1 amide bonds. The zero-order chi connectivity index (χ0) is 17.7. The number of rotatable bonds is 6. The molecule has 5 nitrogen and oxygen atoms in total. The minimum Gasteiger partial charge on any atom is -0.493 e. The number of hydrogen-bond donors (Lipinski definition) is 2. The van der Waals surface area contributed by atoms with Gasteiger partial charge >= 0.3 is 5.97 Å². The summed E-state index contributed by atoms with van der Waals surface area (Å²) in [6.45, 7) is 5.35. The molecule has 2 rings (SSSR count). The van der Waals surface area contributed by atoms with Gasteiger partial charge in [0.2, 0.25) is 0 Å². The third-order valence-electron chi connectivity index (χ3n) is 3.58. The third-order valence-corrected chi connectivity index (χ3v) is 3.58. The molecule has 0 radical (unpaired) electrons. The lowest BCUT2D eigenvalue weighted by atomic mass is 10.0. The highest BCUT2D eigenvalue weighted by Gasteiger charge is 2.29. The number of carboxylic acids is 1. The van der Waals surface area contributed by atoms with Crippen molar-refractivity contribution in [1.82, 2.24) is 5.32 Å². The third kappa shape index (κ3) is 3.93. The molecule has 0 spiro atoms. The van der Waals surface area contributed by atoms with Crippen molar-refractivity contribution in [3.8, 4) is 16.9 Å². The van der Waals surface area contributed by atoms with E-state index in [4.69, 9.17) is 9.84 Å². The monoisotopic (exact) mass is 327 g/mol. The van der Waals surface area contributed by atoms with E-state index in [2.05, 4.69) is 5.32 Å². The summed E-state index contributed by atoms with van der Waals surface area (Å²) in [6, 6.07) is 14.6. The zero-order valence-corrected chi connectivity index (χ0v) is 14.0. The summed E-state index contributed by atoms with van der Waals surface area (Å²) < 4.78 is 5.63. The standard InChI is InChI=1S/C19H21NO4/c1-4-24-16-11-6-5-10-15(16)13-8-7-9-14(12-13)17(21)20-19(2,3)18(22)23/h5-12H,4H2,1-3H3,(H,20,21)(H,22,23). The van der Waals surface area contributed by atoms with E-state index in [0.29, 0.717) is 12.2 Å². The minimum absolute atomic E-state index is 0.396. The van der Waals surface area contributed by atoms with Crippen molar-refractivity contribution in [3.05, 3.63) is 54.1 Å². The molecule has 0 bridgehead atoms. The molecule has 0 saturated heterocycles. The van der Waals surface area contributed by atoms with Crippen molar-refractivity contribution in [3.63, 3.8) is 0 Å². The number of aliphatic carboxylic acids is 1. The van der Waals surface area contributed by atoms with Crippen LogP contribution in [0, 0.1) is 0 Å². The molecule has 0 unspecified atom stereocenters. The van der Waals surface area contributed by atoms with Crippen LogP contribution in [0.4, 0.5) is 0 Å². The molecule has 5 heteroatoms. The van der Waals surface area contributed by atoms with Gasteiger partial charge in [0.15, 0.2) is 0 Å². The molecular weight excluding hydrogens is 306 g/mol. The zero-order valence-electron chi connectivity index (χ0n) is 14.0. The molecule has 2 aromatic carbocycles. The summed E-state index contributed by atoms with van der Waals surface area (Å²) in [5, 5.41) is 11.7. The second-order valence-electron chi connectivity index (χ2n) is 5.89. The molecule has 0 aliphatic carbocycles. The van der Waals surface area contributed by atoms with Crippen LogP contribution in [-0.4, -0.2) is 29.1 Å². The predicted molar refractivity (Wildman–Crippen MR) is 92.2 cm³/mol. The van der Waals surface area contributed by atoms with Crippen LogP contribution in [0.25, 0.3) is 11.1 Å². The van der Waals surface area contributed by atoms with Crippen molar-refractivity contribution < 1.29 is 19.4 Å². The number of carbonyl (C=O) groups excluding carboxylic acids is 1. The molecule has 0 aliphatic rings. The Labute approximate surface area is 141 Å². The lowest BCUT2D eigenvalue weighted by molar-refractivity contribution is -0.143. The second-order valence-corrected chi connectivity index (χ2v) is 5.89. The molecule has 0 atom stereocenters. The highest BCUT2D eigenvalue weighted by molar-refractivity contribution is 5.98. The Morgan fingerprint density at radius 2 is 1.83 bits per heavy atom. The fourth-order valence-corrected chi connectivity index (χ4v) is 2.22. The molecule has 126 valence electrons. The van der Waals surface area contributed by atoms with Gasteiger partial charge in [0.05, 0.1) is 6.61 Å². The SMILES string of the molecule is CCOc1ccccc1-c1cccc(C(=O)NC(C)(C)C(=O)O)c1. The summed E-state index contributed by atoms with van der Waals surface area (Å²) in [6.07, 6.45) is 0. The average Bonchev–Trinajstić information content (AvgIpc) is 2.55. The Morgan fingerprint density at radius 1 is 1.12 bits per heavy atom. The summed E-state index contributed by atoms with van der Waals surface area (Å²) in [7, 11) is 0. The molecule has 0 saturated carbocycles. The number of amides is 1. The number of ether oxygens (including phenoxy) is 1. The van der Waals surface area contributed by atoms with Gasteiger partial charge < -0.3 is 15.2 Å². The minimum atomic E-state index is -1.34. The molecule has 0 aromatic heterocycles. The Morgan fingerprint density at radius 3 is 2.50 bits per heavy atom. The van der Waals surface area contributed by atoms with Crippen LogP contribution in [0.1, 0.15) is 31.1 Å². The van der Waals surface area contributed by atoms with E-state index in [1.807, 2.05) is 37.3 Å². The van der Waals surface area contributed by atoms with Gasteiger partial charge in [0.1, 0.15) is 11.3 Å². The number of hydrogen-bond acceptors (Lipinski definition) is 3. The van der Waals surface area contributed by atoms with Crippen molar-refractivity contribution in [2.45, 2.75) is 26.3 Å². The highest BCUT2D eigenvalue weighted by Crippen LogP contribution is 2.30. The van der Waals surface area contributed by atoms with E-state index in [9.17, 15) is 9.59 Å². The Hall–Kier alpha value is -2.82. The molecule has 0 aliphatic heterocycles. The molecule has 24 heavy (non-hydrogen) atoms. The number of para-hydroxylation sites is 1. The fraction of sp³-hybridized carbons (Fsp3) is 0.263. The maximum atomic E-state index is 12.4. The highest BCUT2D eigenvalue weighted by atomic mass is 16.5. The maximum Gasteiger partial charge on any atom is 0.328 e. The summed E-state index contributed by atoms with van der Waals surface area (Å²) >= 11 is 0. The van der Waals surface area contributed by atoms with Gasteiger partial charge in [-0.15, -0.1) is 0 Å². The quantitative estimate of drug-likeness (QED) is 0.853. The van der Waals surface area contributed by atoms with Gasteiger partial charge in [-0.3, -0.25) is 4.79 Å². The lowest BCUT2D eigenvalue weighted by Crippen LogP contribution is -2.49. The maximum absolute atomic E-state index is 12.4. The van der Waals surface area contributed by atoms with Crippen LogP contribution >= 0.6 is 0 Å². The van der Waals surface area contributed by atoms with Crippen molar-refractivity contribution >= 4 is 11.9 Å². The van der Waals surface area contributed by atoms with E-state index in [-0.39, 0.29) is 0 Å². The van der Waals surface area contributed by atoms with E-state index in [1.165, 1.54) is 13.8 Å². The van der Waals surface area contributed by atoms with Crippen molar-refractivity contribution in [2.75, 3.05) is 6.61 Å². The van der Waals surface area contributed by atoms with Crippen LogP contribution in [0.15, 0.2) is 48.5 Å². The second kappa shape index (κ2) is 7.17. The van der Waals surface area contributed by atoms with E-state index >= 15 is 0 Å². The number of carbonyl (C=O) groups is 2. The smallest absolute Gasteiger partial charge is 0.328 e. The predicted octanol–water partition coefficient (Wildman–Crippen LogP) is 3.35. The number of nitrogens with one attached hydrogen (secondary N) is 1. The van der Waals surface area contributed by atoms with Crippen LogP contribution in [0.2, 0.25) is 0 Å². The first-order valence-corrected chi connectivity index (χ1v) is 7.73. The van der Waals surface area contributed by atoms with Gasteiger partial charge in [0.25, 0.3) is 5.91 Å². The van der Waals surface area contributed by atoms with Crippen LogP contribution in [0.5, 0.6) is 5.75 Å². The summed E-state index contributed by atoms with van der Waals surface area (Å²) in [5.74, 6) is -0.782. The van der Waals surface area contributed by atoms with Crippen molar-refractivity contribution in [2.24, 2.45) is 0 Å². The lowest BCUT2D eigenvalue weighted by Gasteiger charge is -2.21. The van der Waals surface area contributed by atoms with Crippen molar-refractivity contribution in [1.29, 1.82) is 0 Å². The van der Waals surface area contributed by atoms with Gasteiger partial charge in [0, 0.05) is 11.1 Å². The molecule has 2 N–H and O–H groups in total. The largest absolute Gasteiger partial charge is 0.493 e. The van der Waals surface area contributed by atoms with Crippen LogP contribution < -0.4 is 10.1 Å². The normalized spacial score (nSPS) is 11.0. The van der Waals surface area contributed by atoms with E-state index in [1.54, 1.807) is 18.2 Å². The summed E-state index contributed by atoms with van der Waals surface area (Å²) in [5.41, 5.74) is 0.774. The first kappa shape index (κ1) is 17.5. The molecule has 0 heterocycles. The van der Waals surface area contributed by atoms with Gasteiger partial charge in [-0.05, 0) is 44.5 Å². The first-order chi connectivity index (χ1) is 11.3. The van der Waals surface area contributed by atoms with Crippen LogP contribution in [0.3, 0.4) is 0 Å². The molecular formula is C19H21NO4. The van der Waals surface area contributed by atoms with Gasteiger partial charge in [-0.2, -0.15) is 0 Å². The van der Waals surface area contributed by atoms with E-state index in [0.717, 1.165) is 16.9 Å². The van der Waals surface area contributed by atoms with Gasteiger partial charge in [-0.25, -0.2) is 4.79 Å². The Balaban J connectivity index is 2.33. The van der Waals surface area contributed by atoms with E-state index < -0.39 is 17.4 Å². The van der Waals surface area contributed by atoms with Gasteiger partial charge in [-0.1, -0.05) is 30.3 Å². The molecule has 0 fully saturated rings. The Kier molecular flexibility index (Phi) is 5.24. The van der Waals surface area contributed by atoms with Crippen LogP contribution in [-0.2, 0) is 4.79 Å². The summed E-state index contributed by atoms with van der Waals surface area (Å²) in [4.78, 5) is 23.5. The first-order valence-electron chi connectivity index (χ1n) is 7.73. The Bertz CT molecular complexity index is 753. The average molecular weight is 327 g/mol. The fourth-order valence-electron chi connectivity index (χ4n) is 2.22. The topological polar surface area (TPSA) is 75.6 Å².